The smallest absolute Gasteiger partial charge is 0.265 e. The summed E-state index contributed by atoms with van der Waals surface area (Å²) in [6.07, 6.45) is 2.43. The third-order valence-corrected chi connectivity index (χ3v) is 6.53. The molecule has 2 aromatic carbocycles. The lowest BCUT2D eigenvalue weighted by molar-refractivity contribution is -0.140. The first-order valence-electron chi connectivity index (χ1n) is 11.3. The molecule has 0 saturated carbocycles. The first-order valence-corrected chi connectivity index (χ1v) is 11.3. The van der Waals surface area contributed by atoms with Crippen LogP contribution in [-0.4, -0.2) is 60.9 Å². The van der Waals surface area contributed by atoms with Gasteiger partial charge in [0, 0.05) is 20.1 Å². The van der Waals surface area contributed by atoms with Gasteiger partial charge in [0.2, 0.25) is 5.91 Å². The van der Waals surface area contributed by atoms with Crippen LogP contribution in [0.2, 0.25) is 0 Å². The number of carbonyl (C=O) groups is 2. The molecule has 1 fully saturated rings. The van der Waals surface area contributed by atoms with Crippen LogP contribution in [0.1, 0.15) is 37.8 Å². The Kier molecular flexibility index (Phi) is 6.81. The molecule has 0 aromatic heterocycles. The van der Waals surface area contributed by atoms with Crippen LogP contribution in [-0.2, 0) is 9.59 Å². The maximum Gasteiger partial charge on any atom is 0.265 e. The van der Waals surface area contributed by atoms with Crippen molar-refractivity contribution in [2.75, 3.05) is 38.1 Å². The fraction of sp³-hybridized carbons (Fsp3) is 0.440. The summed E-state index contributed by atoms with van der Waals surface area (Å²) in [6.45, 7) is 3.53. The molecule has 2 aliphatic rings. The highest BCUT2D eigenvalue weighted by Crippen LogP contribution is 2.34. The third-order valence-electron chi connectivity index (χ3n) is 6.53. The highest BCUT2D eigenvalue weighted by Gasteiger charge is 2.35. The number of benzene rings is 2. The molecule has 0 bridgehead atoms. The highest BCUT2D eigenvalue weighted by molar-refractivity contribution is 5.86. The molecule has 2 atom stereocenters. The quantitative estimate of drug-likeness (QED) is 0.686. The second-order valence-electron chi connectivity index (χ2n) is 8.69. The number of amides is 2. The van der Waals surface area contributed by atoms with Crippen molar-refractivity contribution in [3.63, 3.8) is 0 Å². The van der Waals surface area contributed by atoms with Gasteiger partial charge >= 0.3 is 0 Å². The molecule has 0 spiro atoms. The lowest BCUT2D eigenvalue weighted by atomic mass is 10.1. The van der Waals surface area contributed by atoms with E-state index in [1.165, 1.54) is 11.0 Å². The zero-order valence-corrected chi connectivity index (χ0v) is 19.0. The maximum atomic E-state index is 13.7. The molecule has 1 saturated heterocycles. The number of anilines is 1. The van der Waals surface area contributed by atoms with Crippen molar-refractivity contribution in [1.82, 2.24) is 9.80 Å². The van der Waals surface area contributed by atoms with Crippen LogP contribution in [0.3, 0.4) is 0 Å². The topological polar surface area (TPSA) is 53.1 Å². The standard InChI is InChI=1S/C25H29F2N3O3/c1-17(18-10-11-19(26)20(27)14-18)28(2)24(31)16-30-15-23(25(32)29-12-6-3-7-13-29)33-22-9-5-4-8-21(22)30/h4-5,8-11,14,17,23H,3,6-7,12-13,15-16H2,1-2H3. The third kappa shape index (κ3) is 4.94. The molecular formula is C25H29F2N3O3. The molecule has 8 heteroatoms. The molecule has 0 N–H and O–H groups in total. The summed E-state index contributed by atoms with van der Waals surface area (Å²) in [5.41, 5.74) is 1.26. The SMILES string of the molecule is CC(c1ccc(F)c(F)c1)N(C)C(=O)CN1CC(C(=O)N2CCCCC2)Oc2ccccc21. The van der Waals surface area contributed by atoms with Crippen molar-refractivity contribution in [2.45, 2.75) is 38.3 Å². The average Bonchev–Trinajstić information content (AvgIpc) is 2.84. The first-order chi connectivity index (χ1) is 15.8. The summed E-state index contributed by atoms with van der Waals surface area (Å²) in [7, 11) is 1.64. The first kappa shape index (κ1) is 23.0. The van der Waals surface area contributed by atoms with E-state index in [1.54, 1.807) is 20.0 Å². The van der Waals surface area contributed by atoms with Crippen LogP contribution in [0.25, 0.3) is 0 Å². The van der Waals surface area contributed by atoms with Crippen molar-refractivity contribution >= 4 is 17.5 Å². The van der Waals surface area contributed by atoms with Gasteiger partial charge in [-0.25, -0.2) is 8.78 Å². The monoisotopic (exact) mass is 457 g/mol. The Morgan fingerprint density at radius 3 is 2.55 bits per heavy atom. The number of piperidine rings is 1. The minimum atomic E-state index is -0.943. The van der Waals surface area contributed by atoms with Gasteiger partial charge in [0.15, 0.2) is 17.7 Å². The Hall–Kier alpha value is -3.16. The fourth-order valence-corrected chi connectivity index (χ4v) is 4.39. The molecule has 2 aromatic rings. The number of likely N-dealkylation sites (N-methyl/N-ethyl adjacent to an activating group) is 1. The predicted molar refractivity (Wildman–Crippen MR) is 121 cm³/mol. The van der Waals surface area contributed by atoms with Gasteiger partial charge in [0.1, 0.15) is 5.75 Å². The largest absolute Gasteiger partial charge is 0.477 e. The van der Waals surface area contributed by atoms with Crippen LogP contribution < -0.4 is 9.64 Å². The zero-order valence-electron chi connectivity index (χ0n) is 19.0. The normalized spacial score (nSPS) is 18.8. The molecule has 2 aliphatic heterocycles. The Bertz CT molecular complexity index is 1030. The van der Waals surface area contributed by atoms with Gasteiger partial charge in [-0.2, -0.15) is 0 Å². The second kappa shape index (κ2) is 9.77. The maximum absolute atomic E-state index is 13.7. The van der Waals surface area contributed by atoms with Gasteiger partial charge in [-0.3, -0.25) is 9.59 Å². The molecule has 4 rings (SSSR count). The lowest BCUT2D eigenvalue weighted by Crippen LogP contribution is -2.53. The molecule has 2 unspecified atom stereocenters. The predicted octanol–water partition coefficient (Wildman–Crippen LogP) is 3.76. The molecule has 2 amide bonds. The number of carbonyl (C=O) groups excluding carboxylic acids is 2. The minimum absolute atomic E-state index is 0.0364. The summed E-state index contributed by atoms with van der Waals surface area (Å²) >= 11 is 0. The van der Waals surface area contributed by atoms with Crippen LogP contribution in [0, 0.1) is 11.6 Å². The van der Waals surface area contributed by atoms with Crippen LogP contribution in [0.4, 0.5) is 14.5 Å². The van der Waals surface area contributed by atoms with Gasteiger partial charge in [0.05, 0.1) is 24.8 Å². The summed E-state index contributed by atoms with van der Waals surface area (Å²) < 4.78 is 33.0. The Labute approximate surface area is 192 Å². The second-order valence-corrected chi connectivity index (χ2v) is 8.69. The number of hydrogen-bond acceptors (Lipinski definition) is 4. The van der Waals surface area contributed by atoms with Crippen LogP contribution in [0.5, 0.6) is 5.75 Å². The van der Waals surface area contributed by atoms with Gasteiger partial charge in [-0.05, 0) is 56.0 Å². The van der Waals surface area contributed by atoms with E-state index in [9.17, 15) is 18.4 Å². The zero-order chi connectivity index (χ0) is 23.5. The molecule has 176 valence electrons. The van der Waals surface area contributed by atoms with Crippen LogP contribution >= 0.6 is 0 Å². The van der Waals surface area contributed by atoms with Gasteiger partial charge < -0.3 is 19.4 Å². The fourth-order valence-electron chi connectivity index (χ4n) is 4.39. The molecule has 2 heterocycles. The van der Waals surface area contributed by atoms with E-state index in [4.69, 9.17) is 4.74 Å². The average molecular weight is 458 g/mol. The summed E-state index contributed by atoms with van der Waals surface area (Å²) in [6, 6.07) is 10.6. The molecular weight excluding hydrogens is 428 g/mol. The van der Waals surface area contributed by atoms with Gasteiger partial charge in [-0.1, -0.05) is 18.2 Å². The number of hydrogen-bond donors (Lipinski definition) is 0. The van der Waals surface area contributed by atoms with E-state index in [-0.39, 0.29) is 24.9 Å². The number of fused-ring (bicyclic) bond motifs is 1. The number of halogens is 2. The Balaban J connectivity index is 1.49. The molecule has 0 aliphatic carbocycles. The molecule has 6 nitrogen and oxygen atoms in total. The number of nitrogens with zero attached hydrogens (tertiary/aromatic N) is 3. The summed E-state index contributed by atoms with van der Waals surface area (Å²) in [5.74, 6) is -1.54. The van der Waals surface area contributed by atoms with E-state index in [1.807, 2.05) is 28.0 Å². The molecule has 0 radical (unpaired) electrons. The number of ether oxygens (including phenoxy) is 1. The summed E-state index contributed by atoms with van der Waals surface area (Å²) in [5, 5.41) is 0. The Morgan fingerprint density at radius 1 is 1.09 bits per heavy atom. The van der Waals surface area contributed by atoms with Crippen molar-refractivity contribution in [3.05, 3.63) is 59.7 Å². The van der Waals surface area contributed by atoms with E-state index < -0.39 is 23.8 Å². The summed E-state index contributed by atoms with van der Waals surface area (Å²) in [4.78, 5) is 31.5. The minimum Gasteiger partial charge on any atom is -0.477 e. The van der Waals surface area contributed by atoms with Crippen LogP contribution in [0.15, 0.2) is 42.5 Å². The van der Waals surface area contributed by atoms with E-state index in [0.717, 1.165) is 50.2 Å². The van der Waals surface area contributed by atoms with Gasteiger partial charge in [0.25, 0.3) is 5.91 Å². The van der Waals surface area contributed by atoms with Crippen molar-refractivity contribution in [3.8, 4) is 5.75 Å². The Morgan fingerprint density at radius 2 is 1.82 bits per heavy atom. The van der Waals surface area contributed by atoms with Crippen molar-refractivity contribution in [1.29, 1.82) is 0 Å². The van der Waals surface area contributed by atoms with E-state index >= 15 is 0 Å². The molecule has 33 heavy (non-hydrogen) atoms. The highest BCUT2D eigenvalue weighted by atomic mass is 19.2. The van der Waals surface area contributed by atoms with Crippen molar-refractivity contribution < 1.29 is 23.1 Å². The van der Waals surface area contributed by atoms with E-state index in [2.05, 4.69) is 0 Å². The number of para-hydroxylation sites is 2. The van der Waals surface area contributed by atoms with E-state index in [0.29, 0.717) is 11.3 Å². The van der Waals surface area contributed by atoms with Gasteiger partial charge in [-0.15, -0.1) is 0 Å². The number of rotatable bonds is 5. The number of likely N-dealkylation sites (tertiary alicyclic amines) is 1. The lowest BCUT2D eigenvalue weighted by Gasteiger charge is -2.39. The van der Waals surface area contributed by atoms with Crippen molar-refractivity contribution in [2.24, 2.45) is 0 Å².